The molecule has 0 radical (unpaired) electrons. The van der Waals surface area contributed by atoms with E-state index in [9.17, 15) is 14.4 Å². The van der Waals surface area contributed by atoms with Crippen molar-refractivity contribution < 1.29 is 19.5 Å². The molecule has 0 aliphatic carbocycles. The second-order valence-corrected chi connectivity index (χ2v) is 5.19. The molecule has 0 spiro atoms. The first kappa shape index (κ1) is 12.7. The number of aliphatic carboxylic acids is 1. The lowest BCUT2D eigenvalue weighted by molar-refractivity contribution is -0.147. The molecule has 2 aliphatic rings. The highest BCUT2D eigenvalue weighted by Gasteiger charge is 2.45. The minimum absolute atomic E-state index is 0.183. The van der Waals surface area contributed by atoms with Crippen molar-refractivity contribution in [1.29, 1.82) is 0 Å². The van der Waals surface area contributed by atoms with Gasteiger partial charge in [0.15, 0.2) is 0 Å². The average molecular weight is 255 g/mol. The van der Waals surface area contributed by atoms with Crippen LogP contribution < -0.4 is 5.32 Å². The van der Waals surface area contributed by atoms with Crippen molar-refractivity contribution >= 4 is 17.9 Å². The normalized spacial score (nSPS) is 23.3. The number of hydrogen-bond donors (Lipinski definition) is 2. The molecule has 18 heavy (non-hydrogen) atoms. The van der Waals surface area contributed by atoms with Gasteiger partial charge in [0, 0.05) is 26.2 Å². The van der Waals surface area contributed by atoms with Crippen molar-refractivity contribution in [3.63, 3.8) is 0 Å². The maximum absolute atomic E-state index is 12.2. The molecule has 3 amide bonds. The SMILES string of the molecule is CC1(C)C(=O)NCCN1C(=O)N1CC(C(=O)O)C1. The minimum atomic E-state index is -0.885. The first-order valence-electron chi connectivity index (χ1n) is 5.91. The van der Waals surface area contributed by atoms with E-state index >= 15 is 0 Å². The number of carbonyl (C=O) groups is 3. The summed E-state index contributed by atoms with van der Waals surface area (Å²) in [6.45, 7) is 4.71. The Hall–Kier alpha value is -1.79. The number of urea groups is 1. The molecule has 0 aromatic rings. The lowest BCUT2D eigenvalue weighted by Gasteiger charge is -2.46. The van der Waals surface area contributed by atoms with Crippen LogP contribution in [-0.4, -0.2) is 64.5 Å². The van der Waals surface area contributed by atoms with E-state index in [-0.39, 0.29) is 25.0 Å². The van der Waals surface area contributed by atoms with E-state index in [0.29, 0.717) is 13.1 Å². The first-order chi connectivity index (χ1) is 8.34. The van der Waals surface area contributed by atoms with E-state index in [0.717, 1.165) is 0 Å². The number of rotatable bonds is 1. The number of piperazine rings is 1. The Morgan fingerprint density at radius 3 is 2.56 bits per heavy atom. The topological polar surface area (TPSA) is 90.0 Å². The molecule has 0 bridgehead atoms. The van der Waals surface area contributed by atoms with Crippen molar-refractivity contribution in [2.45, 2.75) is 19.4 Å². The van der Waals surface area contributed by atoms with Gasteiger partial charge in [0.05, 0.1) is 5.92 Å². The third-order valence-corrected chi connectivity index (χ3v) is 3.58. The molecule has 7 heteroatoms. The largest absolute Gasteiger partial charge is 0.481 e. The second kappa shape index (κ2) is 4.15. The van der Waals surface area contributed by atoms with E-state index in [1.165, 1.54) is 9.80 Å². The number of nitrogens with one attached hydrogen (secondary N) is 1. The van der Waals surface area contributed by atoms with Crippen LogP contribution in [0.3, 0.4) is 0 Å². The molecule has 2 rings (SSSR count). The van der Waals surface area contributed by atoms with Gasteiger partial charge in [-0.25, -0.2) is 4.79 Å². The van der Waals surface area contributed by atoms with E-state index in [1.54, 1.807) is 13.8 Å². The molecule has 7 nitrogen and oxygen atoms in total. The van der Waals surface area contributed by atoms with E-state index in [2.05, 4.69) is 5.32 Å². The quantitative estimate of drug-likeness (QED) is 0.650. The maximum atomic E-state index is 12.2. The third kappa shape index (κ3) is 1.89. The lowest BCUT2D eigenvalue weighted by Crippen LogP contribution is -2.68. The Bertz CT molecular complexity index is 401. The molecule has 2 aliphatic heterocycles. The van der Waals surface area contributed by atoms with Gasteiger partial charge in [0.1, 0.15) is 5.54 Å². The zero-order valence-electron chi connectivity index (χ0n) is 10.5. The summed E-state index contributed by atoms with van der Waals surface area (Å²) in [5.74, 6) is -1.54. The van der Waals surface area contributed by atoms with Gasteiger partial charge in [0.25, 0.3) is 0 Å². The Balaban J connectivity index is 2.02. The predicted molar refractivity (Wildman–Crippen MR) is 61.9 cm³/mol. The summed E-state index contributed by atoms with van der Waals surface area (Å²) in [6.07, 6.45) is 0. The standard InChI is InChI=1S/C11H17N3O4/c1-11(2)9(17)12-3-4-14(11)10(18)13-5-7(6-13)8(15)16/h7H,3-6H2,1-2H3,(H,12,17)(H,15,16). The summed E-state index contributed by atoms with van der Waals surface area (Å²) in [4.78, 5) is 37.6. The van der Waals surface area contributed by atoms with Gasteiger partial charge < -0.3 is 20.2 Å². The smallest absolute Gasteiger partial charge is 0.320 e. The summed E-state index contributed by atoms with van der Waals surface area (Å²) in [7, 11) is 0. The van der Waals surface area contributed by atoms with Gasteiger partial charge in [-0.1, -0.05) is 0 Å². The molecule has 0 saturated carbocycles. The summed E-state index contributed by atoms with van der Waals surface area (Å²) >= 11 is 0. The molecule has 2 N–H and O–H groups in total. The average Bonchev–Trinajstić information content (AvgIpc) is 2.18. The highest BCUT2D eigenvalue weighted by molar-refractivity contribution is 5.92. The Kier molecular flexibility index (Phi) is 2.92. The number of nitrogens with zero attached hydrogens (tertiary/aromatic N) is 2. The van der Waals surface area contributed by atoms with Crippen LogP contribution in [0.2, 0.25) is 0 Å². The minimum Gasteiger partial charge on any atom is -0.481 e. The number of carbonyl (C=O) groups excluding carboxylic acids is 2. The highest BCUT2D eigenvalue weighted by atomic mass is 16.4. The van der Waals surface area contributed by atoms with Crippen LogP contribution in [0.4, 0.5) is 4.79 Å². The van der Waals surface area contributed by atoms with Crippen LogP contribution in [0.25, 0.3) is 0 Å². The molecule has 0 atom stereocenters. The van der Waals surface area contributed by atoms with Crippen LogP contribution in [0.5, 0.6) is 0 Å². The molecular weight excluding hydrogens is 238 g/mol. The summed E-state index contributed by atoms with van der Waals surface area (Å²) < 4.78 is 0. The van der Waals surface area contributed by atoms with Gasteiger partial charge in [-0.05, 0) is 13.8 Å². The van der Waals surface area contributed by atoms with E-state index in [1.807, 2.05) is 0 Å². The number of carboxylic acid groups (broad SMARTS) is 1. The molecular formula is C11H17N3O4. The zero-order chi connectivity index (χ0) is 13.5. The summed E-state index contributed by atoms with van der Waals surface area (Å²) in [6, 6.07) is -0.257. The predicted octanol–water partition coefficient (Wildman–Crippen LogP) is -0.667. The fourth-order valence-electron chi connectivity index (χ4n) is 2.20. The maximum Gasteiger partial charge on any atom is 0.320 e. The van der Waals surface area contributed by atoms with Crippen LogP contribution in [0.15, 0.2) is 0 Å². The van der Waals surface area contributed by atoms with Crippen LogP contribution in [0, 0.1) is 5.92 Å². The number of hydrogen-bond acceptors (Lipinski definition) is 3. The van der Waals surface area contributed by atoms with Gasteiger partial charge in [-0.15, -0.1) is 0 Å². The van der Waals surface area contributed by atoms with Crippen LogP contribution in [0.1, 0.15) is 13.8 Å². The Morgan fingerprint density at radius 1 is 1.39 bits per heavy atom. The van der Waals surface area contributed by atoms with Crippen molar-refractivity contribution in [3.05, 3.63) is 0 Å². The zero-order valence-corrected chi connectivity index (χ0v) is 10.5. The first-order valence-corrected chi connectivity index (χ1v) is 5.91. The Morgan fingerprint density at radius 2 is 2.00 bits per heavy atom. The number of likely N-dealkylation sites (tertiary alicyclic amines) is 1. The molecule has 0 aromatic heterocycles. The van der Waals surface area contributed by atoms with Crippen LogP contribution in [-0.2, 0) is 9.59 Å². The van der Waals surface area contributed by atoms with Crippen molar-refractivity contribution in [1.82, 2.24) is 15.1 Å². The summed E-state index contributed by atoms with van der Waals surface area (Å²) in [5, 5.41) is 11.5. The van der Waals surface area contributed by atoms with Crippen molar-refractivity contribution in [3.8, 4) is 0 Å². The molecule has 0 unspecified atom stereocenters. The van der Waals surface area contributed by atoms with E-state index in [4.69, 9.17) is 5.11 Å². The fourth-order valence-corrected chi connectivity index (χ4v) is 2.20. The number of carboxylic acids is 1. The van der Waals surface area contributed by atoms with Crippen molar-refractivity contribution in [2.75, 3.05) is 26.2 Å². The van der Waals surface area contributed by atoms with Crippen molar-refractivity contribution in [2.24, 2.45) is 5.92 Å². The molecule has 2 fully saturated rings. The van der Waals surface area contributed by atoms with Crippen LogP contribution >= 0.6 is 0 Å². The second-order valence-electron chi connectivity index (χ2n) is 5.19. The highest BCUT2D eigenvalue weighted by Crippen LogP contribution is 2.24. The summed E-state index contributed by atoms with van der Waals surface area (Å²) in [5.41, 5.74) is -0.885. The Labute approximate surface area is 105 Å². The molecule has 2 saturated heterocycles. The number of amides is 3. The molecule has 0 aromatic carbocycles. The van der Waals surface area contributed by atoms with Gasteiger partial charge in [-0.3, -0.25) is 9.59 Å². The fraction of sp³-hybridized carbons (Fsp3) is 0.727. The van der Waals surface area contributed by atoms with Gasteiger partial charge >= 0.3 is 12.0 Å². The molecule has 100 valence electrons. The van der Waals surface area contributed by atoms with Gasteiger partial charge in [-0.2, -0.15) is 0 Å². The van der Waals surface area contributed by atoms with E-state index < -0.39 is 17.4 Å². The van der Waals surface area contributed by atoms with Gasteiger partial charge in [0.2, 0.25) is 5.91 Å². The third-order valence-electron chi connectivity index (χ3n) is 3.58. The monoisotopic (exact) mass is 255 g/mol. The lowest BCUT2D eigenvalue weighted by atomic mass is 9.97. The molecule has 2 heterocycles.